The molecule has 0 spiro atoms. The van der Waals surface area contributed by atoms with Gasteiger partial charge in [-0.25, -0.2) is 0 Å². The quantitative estimate of drug-likeness (QED) is 0.491. The fourth-order valence-corrected chi connectivity index (χ4v) is 2.76. The molecule has 0 amide bonds. The Morgan fingerprint density at radius 3 is 2.19 bits per heavy atom. The zero-order chi connectivity index (χ0) is 11.4. The van der Waals surface area contributed by atoms with Gasteiger partial charge in [0, 0.05) is 18.7 Å². The van der Waals surface area contributed by atoms with Crippen molar-refractivity contribution in [1.29, 1.82) is 0 Å². The third-order valence-electron chi connectivity index (χ3n) is 2.13. The Hall–Kier alpha value is -0.000000000000000111. The van der Waals surface area contributed by atoms with Gasteiger partial charge in [-0.2, -0.15) is 0 Å². The first-order chi connectivity index (χ1) is 7.74. The molecule has 0 heterocycles. The highest BCUT2D eigenvalue weighted by molar-refractivity contribution is 14.1. The Bertz CT molecular complexity index is 405. The molecule has 2 aromatic rings. The van der Waals surface area contributed by atoms with Crippen LogP contribution in [0.25, 0.3) is 0 Å². The van der Waals surface area contributed by atoms with Crippen molar-refractivity contribution in [1.82, 2.24) is 0 Å². The zero-order valence-corrected chi connectivity index (χ0v) is 13.1. The highest BCUT2D eigenvalue weighted by Crippen LogP contribution is 2.24. The van der Waals surface area contributed by atoms with Crippen molar-refractivity contribution in [3.05, 3.63) is 62.1 Å². The summed E-state index contributed by atoms with van der Waals surface area (Å²) in [4.78, 5) is 1.31. The summed E-state index contributed by atoms with van der Waals surface area (Å²) in [6.45, 7) is 0. The van der Waals surface area contributed by atoms with Gasteiger partial charge in [-0.15, -0.1) is 11.8 Å². The highest BCUT2D eigenvalue weighted by atomic mass is 127. The normalized spacial score (nSPS) is 10.4. The molecule has 0 bridgehead atoms. The summed E-state index contributed by atoms with van der Waals surface area (Å²) in [5, 5.41) is 0. The maximum atomic E-state index is 3.44. The summed E-state index contributed by atoms with van der Waals surface area (Å²) in [6.07, 6.45) is 0. The third kappa shape index (κ3) is 3.79. The van der Waals surface area contributed by atoms with Gasteiger partial charge in [0.05, 0.1) is 0 Å². The fourth-order valence-electron chi connectivity index (χ4n) is 1.28. The SMILES string of the molecule is Brc1ccc(SCc2ccc(I)cc2)cc1. The molecule has 0 fully saturated rings. The summed E-state index contributed by atoms with van der Waals surface area (Å²) >= 11 is 7.63. The van der Waals surface area contributed by atoms with E-state index >= 15 is 0 Å². The fraction of sp³-hybridized carbons (Fsp3) is 0.0769. The number of hydrogen-bond acceptors (Lipinski definition) is 1. The third-order valence-corrected chi connectivity index (χ3v) is 4.46. The van der Waals surface area contributed by atoms with Gasteiger partial charge >= 0.3 is 0 Å². The lowest BCUT2D eigenvalue weighted by Crippen LogP contribution is -1.80. The molecule has 0 radical (unpaired) electrons. The van der Waals surface area contributed by atoms with E-state index in [1.54, 1.807) is 0 Å². The Balaban J connectivity index is 1.97. The molecule has 0 aromatic heterocycles. The number of hydrogen-bond donors (Lipinski definition) is 0. The summed E-state index contributed by atoms with van der Waals surface area (Å²) in [5.74, 6) is 1.03. The molecule has 0 atom stereocenters. The minimum absolute atomic E-state index is 1.03. The summed E-state index contributed by atoms with van der Waals surface area (Å²) in [7, 11) is 0. The van der Waals surface area contributed by atoms with Gasteiger partial charge in [-0.05, 0) is 64.6 Å². The van der Waals surface area contributed by atoms with E-state index in [1.165, 1.54) is 14.0 Å². The second-order valence-corrected chi connectivity index (χ2v) is 6.58. The minimum atomic E-state index is 1.03. The molecule has 0 saturated carbocycles. The predicted octanol–water partition coefficient (Wildman–Crippen LogP) is 5.35. The number of thioether (sulfide) groups is 1. The van der Waals surface area contributed by atoms with Crippen molar-refractivity contribution in [2.45, 2.75) is 10.6 Å². The molecule has 0 N–H and O–H groups in total. The Kier molecular flexibility index (Phi) is 4.73. The molecule has 16 heavy (non-hydrogen) atoms. The lowest BCUT2D eigenvalue weighted by atomic mass is 10.2. The van der Waals surface area contributed by atoms with Gasteiger partial charge in [0.15, 0.2) is 0 Å². The van der Waals surface area contributed by atoms with E-state index in [0.717, 1.165) is 10.2 Å². The second kappa shape index (κ2) is 6.07. The van der Waals surface area contributed by atoms with E-state index in [-0.39, 0.29) is 0 Å². The van der Waals surface area contributed by atoms with Crippen LogP contribution in [0.5, 0.6) is 0 Å². The molecule has 0 unspecified atom stereocenters. The number of rotatable bonds is 3. The first-order valence-corrected chi connectivity index (χ1v) is 7.72. The van der Waals surface area contributed by atoms with E-state index in [0.29, 0.717) is 0 Å². The molecule has 2 rings (SSSR count). The van der Waals surface area contributed by atoms with Crippen molar-refractivity contribution in [3.8, 4) is 0 Å². The molecule has 82 valence electrons. The second-order valence-electron chi connectivity index (χ2n) is 3.37. The standard InChI is InChI=1S/C13H10BrIS/c14-11-3-7-13(8-4-11)16-9-10-1-5-12(15)6-2-10/h1-8H,9H2. The molecule has 3 heteroatoms. The van der Waals surface area contributed by atoms with E-state index in [4.69, 9.17) is 0 Å². The van der Waals surface area contributed by atoms with Crippen molar-refractivity contribution >= 4 is 50.3 Å². The maximum absolute atomic E-state index is 3.44. The van der Waals surface area contributed by atoms with Crippen molar-refractivity contribution in [2.75, 3.05) is 0 Å². The Morgan fingerprint density at radius 2 is 1.56 bits per heavy atom. The van der Waals surface area contributed by atoms with Crippen LogP contribution in [0.4, 0.5) is 0 Å². The predicted molar refractivity (Wildman–Crippen MR) is 82.9 cm³/mol. The lowest BCUT2D eigenvalue weighted by Gasteiger charge is -2.02. The summed E-state index contributed by atoms with van der Waals surface area (Å²) < 4.78 is 2.42. The molecule has 2 aromatic carbocycles. The van der Waals surface area contributed by atoms with Crippen LogP contribution in [-0.2, 0) is 5.75 Å². The van der Waals surface area contributed by atoms with Crippen LogP contribution in [0.2, 0.25) is 0 Å². The highest BCUT2D eigenvalue weighted by Gasteiger charge is 1.96. The van der Waals surface area contributed by atoms with Gasteiger partial charge in [0.25, 0.3) is 0 Å². The van der Waals surface area contributed by atoms with Crippen LogP contribution < -0.4 is 0 Å². The molecule has 0 aliphatic carbocycles. The monoisotopic (exact) mass is 404 g/mol. The number of halogens is 2. The first kappa shape index (κ1) is 12.5. The minimum Gasteiger partial charge on any atom is -0.121 e. The van der Waals surface area contributed by atoms with Crippen LogP contribution >= 0.6 is 50.3 Å². The first-order valence-electron chi connectivity index (χ1n) is 4.87. The molecule has 0 aliphatic rings. The van der Waals surface area contributed by atoms with Gasteiger partial charge in [-0.3, -0.25) is 0 Å². The molecule has 0 aliphatic heterocycles. The van der Waals surface area contributed by atoms with E-state index < -0.39 is 0 Å². The van der Waals surface area contributed by atoms with Gasteiger partial charge in [0.2, 0.25) is 0 Å². The van der Waals surface area contributed by atoms with Crippen molar-refractivity contribution in [3.63, 3.8) is 0 Å². The van der Waals surface area contributed by atoms with E-state index in [9.17, 15) is 0 Å². The summed E-state index contributed by atoms with van der Waals surface area (Å²) in [6, 6.07) is 17.1. The molecule has 0 saturated heterocycles. The van der Waals surface area contributed by atoms with Crippen LogP contribution in [0.1, 0.15) is 5.56 Å². The van der Waals surface area contributed by atoms with Crippen molar-refractivity contribution in [2.24, 2.45) is 0 Å². The van der Waals surface area contributed by atoms with Crippen LogP contribution in [0.15, 0.2) is 57.9 Å². The maximum Gasteiger partial charge on any atom is 0.0232 e. The lowest BCUT2D eigenvalue weighted by molar-refractivity contribution is 1.37. The van der Waals surface area contributed by atoms with E-state index in [1.807, 2.05) is 11.8 Å². The smallest absolute Gasteiger partial charge is 0.0232 e. The largest absolute Gasteiger partial charge is 0.121 e. The van der Waals surface area contributed by atoms with Crippen LogP contribution in [0.3, 0.4) is 0 Å². The van der Waals surface area contributed by atoms with Gasteiger partial charge < -0.3 is 0 Å². The Morgan fingerprint density at radius 1 is 0.938 bits per heavy atom. The van der Waals surface area contributed by atoms with Crippen LogP contribution in [-0.4, -0.2) is 0 Å². The average Bonchev–Trinajstić information content (AvgIpc) is 2.30. The molecular weight excluding hydrogens is 395 g/mol. The molecular formula is C13H10BrIS. The summed E-state index contributed by atoms with van der Waals surface area (Å²) in [5.41, 5.74) is 1.37. The van der Waals surface area contributed by atoms with E-state index in [2.05, 4.69) is 87.1 Å². The van der Waals surface area contributed by atoms with Crippen molar-refractivity contribution < 1.29 is 0 Å². The average molecular weight is 405 g/mol. The van der Waals surface area contributed by atoms with Gasteiger partial charge in [-0.1, -0.05) is 28.1 Å². The van der Waals surface area contributed by atoms with Gasteiger partial charge in [0.1, 0.15) is 0 Å². The van der Waals surface area contributed by atoms with Crippen LogP contribution in [0, 0.1) is 3.57 Å². The molecule has 0 nitrogen and oxygen atoms in total. The number of benzene rings is 2. The zero-order valence-electron chi connectivity index (χ0n) is 8.49. The Labute approximate surface area is 122 Å². The topological polar surface area (TPSA) is 0 Å².